The summed E-state index contributed by atoms with van der Waals surface area (Å²) in [6, 6.07) is 21.3. The van der Waals surface area contributed by atoms with Crippen molar-refractivity contribution in [3.05, 3.63) is 96.6 Å². The van der Waals surface area contributed by atoms with E-state index in [-0.39, 0.29) is 31.1 Å². The number of hydrogen-bond acceptors (Lipinski definition) is 6. The molecule has 0 N–H and O–H groups in total. The second-order valence-corrected chi connectivity index (χ2v) is 12.1. The van der Waals surface area contributed by atoms with Gasteiger partial charge in [-0.3, -0.25) is 0 Å². The summed E-state index contributed by atoms with van der Waals surface area (Å²) in [6.07, 6.45) is 12.4. The zero-order valence-corrected chi connectivity index (χ0v) is 26.8. The van der Waals surface area contributed by atoms with Crippen molar-refractivity contribution in [1.82, 2.24) is 9.97 Å². The number of unbranched alkanes of at least 4 members (excludes halogenated alkanes) is 2. The van der Waals surface area contributed by atoms with Gasteiger partial charge < -0.3 is 31.2 Å². The number of benzene rings is 2. The van der Waals surface area contributed by atoms with Crippen LogP contribution in [-0.4, -0.2) is 52.0 Å². The van der Waals surface area contributed by atoms with Gasteiger partial charge in [0.05, 0.1) is 19.3 Å². The molecule has 7 nitrogen and oxygen atoms in total. The lowest BCUT2D eigenvalue weighted by Gasteiger charge is -2.23. The Kier molecular flexibility index (Phi) is 15.8. The Labute approximate surface area is 265 Å². The Hall–Kier alpha value is -2.75. The minimum atomic E-state index is -1.15. The Morgan fingerprint density at radius 1 is 0.907 bits per heavy atom. The molecule has 9 heteroatoms. The van der Waals surface area contributed by atoms with E-state index in [1.165, 1.54) is 35.6 Å². The Morgan fingerprint density at radius 3 is 2.44 bits per heavy atom. The van der Waals surface area contributed by atoms with Gasteiger partial charge in [0, 0.05) is 24.5 Å². The molecule has 3 unspecified atom stereocenters. The molecule has 232 valence electrons. The first-order chi connectivity index (χ1) is 20.6. The summed E-state index contributed by atoms with van der Waals surface area (Å²) in [7, 11) is 0. The van der Waals surface area contributed by atoms with E-state index in [2.05, 4.69) is 64.8 Å². The molecule has 4 aromatic rings. The third-order valence-electron chi connectivity index (χ3n) is 7.14. The van der Waals surface area contributed by atoms with Crippen LogP contribution in [0.2, 0.25) is 0 Å². The Bertz CT molecular complexity index is 1320. The molecular formula is C34H44ClN3O4S. The van der Waals surface area contributed by atoms with Gasteiger partial charge in [-0.1, -0.05) is 63.1 Å². The average Bonchev–Trinajstić information content (AvgIpc) is 3.02. The minimum Gasteiger partial charge on any atom is -1.00 e. The minimum absolute atomic E-state index is 0. The second kappa shape index (κ2) is 19.5. The zero-order chi connectivity index (χ0) is 29.4. The fourth-order valence-electron chi connectivity index (χ4n) is 4.83. The third-order valence-corrected chi connectivity index (χ3v) is 8.50. The summed E-state index contributed by atoms with van der Waals surface area (Å²) in [5, 5.41) is 2.47. The summed E-state index contributed by atoms with van der Waals surface area (Å²) in [5.74, 6) is 0.737. The number of fused-ring (bicyclic) bond motifs is 1. The molecule has 0 saturated heterocycles. The van der Waals surface area contributed by atoms with E-state index in [1.807, 2.05) is 30.6 Å². The number of hydrogen-bond donors (Lipinski definition) is 0. The highest BCUT2D eigenvalue weighted by Crippen LogP contribution is 2.27. The van der Waals surface area contributed by atoms with Crippen LogP contribution < -0.4 is 21.7 Å². The number of aromatic nitrogens is 3. The van der Waals surface area contributed by atoms with Crippen LogP contribution in [-0.2, 0) is 33.6 Å². The first-order valence-electron chi connectivity index (χ1n) is 15.1. The fourth-order valence-corrected chi connectivity index (χ4v) is 5.88. The van der Waals surface area contributed by atoms with Gasteiger partial charge in [-0.05, 0) is 64.5 Å². The zero-order valence-electron chi connectivity index (χ0n) is 25.3. The van der Waals surface area contributed by atoms with Crippen LogP contribution in [0.5, 0.6) is 6.01 Å². The van der Waals surface area contributed by atoms with Crippen molar-refractivity contribution >= 4 is 21.9 Å². The van der Waals surface area contributed by atoms with Crippen LogP contribution in [0.3, 0.4) is 0 Å². The smallest absolute Gasteiger partial charge is 0.316 e. The molecule has 0 aliphatic heterocycles. The lowest BCUT2D eigenvalue weighted by molar-refractivity contribution is -0.698. The van der Waals surface area contributed by atoms with E-state index in [9.17, 15) is 4.55 Å². The molecule has 0 bridgehead atoms. The summed E-state index contributed by atoms with van der Waals surface area (Å²) < 4.78 is 33.2. The Balaban J connectivity index is 0.00000506. The summed E-state index contributed by atoms with van der Waals surface area (Å²) in [6.45, 7) is 6.38. The van der Waals surface area contributed by atoms with Crippen LogP contribution in [0.1, 0.15) is 56.8 Å². The van der Waals surface area contributed by atoms with Crippen LogP contribution in [0.15, 0.2) is 85.5 Å². The van der Waals surface area contributed by atoms with E-state index >= 15 is 0 Å². The SMILES string of the molecule is CCCCCc1ccc2cc(C(CC)OCC(C[S+]([O-])CCOCC[n+]3ccccc3)Oc3ncccn3)ccc2c1.[Cl-]. The first kappa shape index (κ1) is 34.7. The predicted molar refractivity (Wildman–Crippen MR) is 168 cm³/mol. The molecule has 3 atom stereocenters. The van der Waals surface area contributed by atoms with Crippen LogP contribution in [0.4, 0.5) is 0 Å². The van der Waals surface area contributed by atoms with E-state index < -0.39 is 17.3 Å². The summed E-state index contributed by atoms with van der Waals surface area (Å²) >= 11 is -1.15. The van der Waals surface area contributed by atoms with Crippen molar-refractivity contribution in [2.75, 3.05) is 31.3 Å². The highest BCUT2D eigenvalue weighted by atomic mass is 35.5. The van der Waals surface area contributed by atoms with E-state index in [4.69, 9.17) is 14.2 Å². The molecule has 0 aliphatic carbocycles. The molecule has 0 aliphatic rings. The molecule has 4 rings (SSSR count). The van der Waals surface area contributed by atoms with Gasteiger partial charge in [-0.2, -0.15) is 0 Å². The number of ether oxygens (including phenoxy) is 3. The molecule has 43 heavy (non-hydrogen) atoms. The maximum atomic E-state index is 13.0. The van der Waals surface area contributed by atoms with Crippen molar-refractivity contribution in [3.8, 4) is 6.01 Å². The van der Waals surface area contributed by atoms with Crippen molar-refractivity contribution in [3.63, 3.8) is 0 Å². The monoisotopic (exact) mass is 625 g/mol. The van der Waals surface area contributed by atoms with Gasteiger partial charge in [0.1, 0.15) is 18.1 Å². The van der Waals surface area contributed by atoms with Gasteiger partial charge in [0.15, 0.2) is 25.0 Å². The molecule has 0 spiro atoms. The number of halogens is 1. The van der Waals surface area contributed by atoms with Crippen LogP contribution in [0, 0.1) is 0 Å². The lowest BCUT2D eigenvalue weighted by Crippen LogP contribution is -3.00. The molecule has 0 fully saturated rings. The van der Waals surface area contributed by atoms with Crippen molar-refractivity contribution in [2.45, 2.75) is 64.7 Å². The molecule has 2 heterocycles. The van der Waals surface area contributed by atoms with Crippen molar-refractivity contribution in [2.24, 2.45) is 0 Å². The molecular weight excluding hydrogens is 582 g/mol. The second-order valence-electron chi connectivity index (χ2n) is 10.4. The summed E-state index contributed by atoms with van der Waals surface area (Å²) in [5.41, 5.74) is 2.52. The largest absolute Gasteiger partial charge is 1.00 e. The standard InChI is InChI=1S/C34H44N3O4S.ClH/c1-3-5-7-11-28-12-13-30-25-31(15-14-29(30)24-28)33(4-2)40-26-32(41-34-35-16-10-17-36-34)27-42(38)23-22-39-21-20-37-18-8-6-9-19-37;/h6,8-10,12-19,24-25,32-33H,3-5,7,11,20-23,26-27H2,1-2H3;1H/q+1;/p-1. The predicted octanol–water partition coefficient (Wildman–Crippen LogP) is 3.03. The third kappa shape index (κ3) is 12.0. The van der Waals surface area contributed by atoms with Crippen LogP contribution >= 0.6 is 0 Å². The molecule has 2 aromatic heterocycles. The fraction of sp³-hybridized carbons (Fsp3) is 0.441. The molecule has 0 radical (unpaired) electrons. The van der Waals surface area contributed by atoms with Gasteiger partial charge in [-0.15, -0.1) is 0 Å². The first-order valence-corrected chi connectivity index (χ1v) is 16.6. The number of aryl methyl sites for hydroxylation is 1. The van der Waals surface area contributed by atoms with Gasteiger partial charge >= 0.3 is 6.01 Å². The number of rotatable bonds is 19. The maximum Gasteiger partial charge on any atom is 0.316 e. The topological polar surface area (TPSA) is 80.4 Å². The maximum absolute atomic E-state index is 13.0. The number of nitrogens with zero attached hydrogens (tertiary/aromatic N) is 3. The van der Waals surface area contributed by atoms with Crippen molar-refractivity contribution in [1.29, 1.82) is 0 Å². The van der Waals surface area contributed by atoms with Gasteiger partial charge in [0.2, 0.25) is 0 Å². The quantitative estimate of drug-likeness (QED) is 0.0906. The van der Waals surface area contributed by atoms with Gasteiger partial charge in [-0.25, -0.2) is 14.5 Å². The number of pyridine rings is 1. The lowest BCUT2D eigenvalue weighted by atomic mass is 9.99. The van der Waals surface area contributed by atoms with E-state index in [0.29, 0.717) is 24.7 Å². The Morgan fingerprint density at radius 2 is 1.67 bits per heavy atom. The summed E-state index contributed by atoms with van der Waals surface area (Å²) in [4.78, 5) is 8.39. The average molecular weight is 626 g/mol. The highest BCUT2D eigenvalue weighted by Gasteiger charge is 2.23. The van der Waals surface area contributed by atoms with E-state index in [1.54, 1.807) is 18.5 Å². The van der Waals surface area contributed by atoms with Crippen LogP contribution in [0.25, 0.3) is 10.8 Å². The molecule has 2 aromatic carbocycles. The molecule has 0 saturated carbocycles. The van der Waals surface area contributed by atoms with E-state index in [0.717, 1.165) is 24.9 Å². The van der Waals surface area contributed by atoms with Crippen molar-refractivity contribution < 1.29 is 35.7 Å². The van der Waals surface area contributed by atoms with Gasteiger partial charge in [0.25, 0.3) is 0 Å². The normalized spacial score (nSPS) is 13.3. The highest BCUT2D eigenvalue weighted by molar-refractivity contribution is 7.91. The molecule has 0 amide bonds.